The lowest BCUT2D eigenvalue weighted by Gasteiger charge is -2.25. The maximum absolute atomic E-state index is 12.4. The number of amides is 2. The average Bonchev–Trinajstić information content (AvgIpc) is 3.43. The molecule has 0 aromatic heterocycles. The molecule has 3 N–H and O–H groups in total. The second-order valence-electron chi connectivity index (χ2n) is 9.99. The van der Waals surface area contributed by atoms with Gasteiger partial charge in [0.15, 0.2) is 0 Å². The van der Waals surface area contributed by atoms with Gasteiger partial charge >= 0.3 is 12.1 Å². The lowest BCUT2D eigenvalue weighted by Crippen LogP contribution is -2.52. The molecule has 35 heavy (non-hydrogen) atoms. The monoisotopic (exact) mass is 478 g/mol. The van der Waals surface area contributed by atoms with E-state index in [9.17, 15) is 19.5 Å². The summed E-state index contributed by atoms with van der Waals surface area (Å²) in [6.45, 7) is 4.07. The molecule has 2 amide bonds. The van der Waals surface area contributed by atoms with Crippen LogP contribution in [-0.2, 0) is 14.3 Å². The first-order valence-corrected chi connectivity index (χ1v) is 12.4. The Morgan fingerprint density at radius 3 is 2.20 bits per heavy atom. The highest BCUT2D eigenvalue weighted by Gasteiger charge is 2.34. The van der Waals surface area contributed by atoms with Crippen LogP contribution in [0.5, 0.6) is 0 Å². The minimum Gasteiger partial charge on any atom is -0.480 e. The zero-order valence-corrected chi connectivity index (χ0v) is 20.4. The van der Waals surface area contributed by atoms with Gasteiger partial charge in [-0.2, -0.15) is 0 Å². The van der Waals surface area contributed by atoms with E-state index in [1.807, 2.05) is 24.3 Å². The molecule has 0 radical (unpaired) electrons. The van der Waals surface area contributed by atoms with E-state index in [2.05, 4.69) is 34.9 Å². The summed E-state index contributed by atoms with van der Waals surface area (Å²) >= 11 is 0. The van der Waals surface area contributed by atoms with Gasteiger partial charge in [0.25, 0.3) is 0 Å². The highest BCUT2D eigenvalue weighted by Crippen LogP contribution is 2.44. The van der Waals surface area contributed by atoms with Crippen molar-refractivity contribution in [2.45, 2.75) is 57.4 Å². The fourth-order valence-electron chi connectivity index (χ4n) is 5.34. The maximum Gasteiger partial charge on any atom is 0.407 e. The maximum atomic E-state index is 12.4. The van der Waals surface area contributed by atoms with Crippen molar-refractivity contribution >= 4 is 18.0 Å². The smallest absolute Gasteiger partial charge is 0.407 e. The molecule has 3 atom stereocenters. The quantitative estimate of drug-likeness (QED) is 0.485. The minimum atomic E-state index is -1.24. The van der Waals surface area contributed by atoms with Crippen LogP contribution in [0, 0.1) is 11.8 Å². The van der Waals surface area contributed by atoms with Gasteiger partial charge in [0.1, 0.15) is 12.1 Å². The van der Waals surface area contributed by atoms with Gasteiger partial charge in [-0.15, -0.1) is 0 Å². The molecule has 2 aromatic rings. The number of fused-ring (bicyclic) bond motifs is 3. The summed E-state index contributed by atoms with van der Waals surface area (Å²) in [5.41, 5.74) is 3.52. The summed E-state index contributed by atoms with van der Waals surface area (Å²) in [6.07, 6.45) is 2.85. The van der Waals surface area contributed by atoms with Crippen LogP contribution in [-0.4, -0.2) is 41.8 Å². The zero-order valence-electron chi connectivity index (χ0n) is 20.4. The molecule has 2 aliphatic rings. The predicted octanol–water partition coefficient (Wildman–Crippen LogP) is 4.70. The molecule has 2 aliphatic carbocycles. The molecular formula is C28H34N2O5. The molecule has 7 nitrogen and oxygen atoms in total. The van der Waals surface area contributed by atoms with Crippen molar-refractivity contribution in [2.24, 2.45) is 11.8 Å². The molecule has 0 spiro atoms. The second kappa shape index (κ2) is 10.5. The number of hydrogen-bond acceptors (Lipinski definition) is 4. The van der Waals surface area contributed by atoms with E-state index in [1.54, 1.807) is 6.92 Å². The number of carboxylic acids is 1. The Morgan fingerprint density at radius 1 is 1.00 bits per heavy atom. The van der Waals surface area contributed by atoms with Crippen molar-refractivity contribution < 1.29 is 24.2 Å². The van der Waals surface area contributed by atoms with E-state index < -0.39 is 17.6 Å². The molecule has 7 heteroatoms. The van der Waals surface area contributed by atoms with Crippen LogP contribution >= 0.6 is 0 Å². The van der Waals surface area contributed by atoms with Crippen molar-refractivity contribution in [3.05, 3.63) is 59.7 Å². The molecule has 4 rings (SSSR count). The number of carboxylic acid groups (broad SMARTS) is 1. The number of hydrogen-bond donors (Lipinski definition) is 3. The van der Waals surface area contributed by atoms with E-state index in [0.717, 1.165) is 19.3 Å². The van der Waals surface area contributed by atoms with Gasteiger partial charge in [-0.25, -0.2) is 9.59 Å². The topological polar surface area (TPSA) is 105 Å². The lowest BCUT2D eigenvalue weighted by atomic mass is 9.96. The van der Waals surface area contributed by atoms with Crippen LogP contribution in [0.4, 0.5) is 4.79 Å². The molecule has 2 aromatic carbocycles. The fourth-order valence-corrected chi connectivity index (χ4v) is 5.34. The summed E-state index contributed by atoms with van der Waals surface area (Å²) in [4.78, 5) is 36.2. The van der Waals surface area contributed by atoms with Gasteiger partial charge in [0.2, 0.25) is 5.91 Å². The van der Waals surface area contributed by atoms with Crippen LogP contribution in [0.1, 0.15) is 63.0 Å². The van der Waals surface area contributed by atoms with Gasteiger partial charge in [-0.05, 0) is 66.7 Å². The zero-order chi connectivity index (χ0) is 25.0. The van der Waals surface area contributed by atoms with Gasteiger partial charge in [-0.1, -0.05) is 55.5 Å². The average molecular weight is 479 g/mol. The van der Waals surface area contributed by atoms with Gasteiger partial charge < -0.3 is 20.5 Å². The number of carbonyl (C=O) groups excluding carboxylic acids is 2. The van der Waals surface area contributed by atoms with Crippen LogP contribution in [0.15, 0.2) is 48.5 Å². The number of aliphatic carboxylic acids is 1. The van der Waals surface area contributed by atoms with Crippen LogP contribution < -0.4 is 10.6 Å². The van der Waals surface area contributed by atoms with Crippen molar-refractivity contribution in [3.63, 3.8) is 0 Å². The largest absolute Gasteiger partial charge is 0.480 e. The number of alkyl carbamates (subject to hydrolysis) is 1. The summed E-state index contributed by atoms with van der Waals surface area (Å²) < 4.78 is 5.61. The normalized spacial score (nSPS) is 20.4. The Kier molecular flexibility index (Phi) is 7.43. The van der Waals surface area contributed by atoms with Gasteiger partial charge in [-0.3, -0.25) is 4.79 Å². The third-order valence-electron chi connectivity index (χ3n) is 7.60. The first kappa shape index (κ1) is 24.8. The summed E-state index contributed by atoms with van der Waals surface area (Å²) in [5, 5.41) is 14.9. The highest BCUT2D eigenvalue weighted by molar-refractivity contribution is 5.86. The number of nitrogens with one attached hydrogen (secondary N) is 2. The number of rotatable bonds is 9. The van der Waals surface area contributed by atoms with Gasteiger partial charge in [0, 0.05) is 18.9 Å². The molecule has 0 bridgehead atoms. The van der Waals surface area contributed by atoms with Crippen molar-refractivity contribution in [3.8, 4) is 11.1 Å². The van der Waals surface area contributed by atoms with Crippen molar-refractivity contribution in [1.82, 2.24) is 10.6 Å². The first-order chi connectivity index (χ1) is 16.8. The fraction of sp³-hybridized carbons (Fsp3) is 0.464. The molecule has 0 aliphatic heterocycles. The SMILES string of the molecule is CCC(C)(NC(=O)CC1CCC(CNC(=O)OCC2c3ccccc3-c3ccccc32)C1)C(=O)O. The second-order valence-corrected chi connectivity index (χ2v) is 9.99. The first-order valence-electron chi connectivity index (χ1n) is 12.4. The number of benzene rings is 2. The number of ether oxygens (including phenoxy) is 1. The van der Waals surface area contributed by atoms with Gasteiger partial charge in [0.05, 0.1) is 0 Å². The Labute approximate surface area is 206 Å². The molecule has 0 heterocycles. The van der Waals surface area contributed by atoms with E-state index in [0.29, 0.717) is 19.4 Å². The van der Waals surface area contributed by atoms with Crippen LogP contribution in [0.3, 0.4) is 0 Å². The standard InChI is InChI=1S/C28H34N2O5/c1-3-28(2,26(32)33)30-25(31)15-18-12-13-19(14-18)16-29-27(34)35-17-24-22-10-6-4-8-20(22)21-9-5-7-11-23(21)24/h4-11,18-19,24H,3,12-17H2,1-2H3,(H,29,34)(H,30,31)(H,32,33). The summed E-state index contributed by atoms with van der Waals surface area (Å²) in [5.74, 6) is -0.747. The molecular weight excluding hydrogens is 444 g/mol. The Hall–Kier alpha value is -3.35. The molecule has 1 saturated carbocycles. The van der Waals surface area contributed by atoms with Crippen LogP contribution in [0.2, 0.25) is 0 Å². The van der Waals surface area contributed by atoms with Crippen LogP contribution in [0.25, 0.3) is 11.1 Å². The lowest BCUT2D eigenvalue weighted by molar-refractivity contribution is -0.147. The molecule has 3 unspecified atom stereocenters. The van der Waals surface area contributed by atoms with E-state index >= 15 is 0 Å². The third kappa shape index (κ3) is 5.50. The predicted molar refractivity (Wildman–Crippen MR) is 133 cm³/mol. The van der Waals surface area contributed by atoms with Crippen molar-refractivity contribution in [2.75, 3.05) is 13.2 Å². The van der Waals surface area contributed by atoms with E-state index in [4.69, 9.17) is 4.74 Å². The minimum absolute atomic E-state index is 0.0298. The summed E-state index contributed by atoms with van der Waals surface area (Å²) in [7, 11) is 0. The molecule has 1 fully saturated rings. The number of carbonyl (C=O) groups is 3. The Morgan fingerprint density at radius 2 is 1.60 bits per heavy atom. The Balaban J connectivity index is 1.22. The molecule has 186 valence electrons. The third-order valence-corrected chi connectivity index (χ3v) is 7.60. The van der Waals surface area contributed by atoms with E-state index in [-0.39, 0.29) is 30.3 Å². The molecule has 0 saturated heterocycles. The van der Waals surface area contributed by atoms with Crippen molar-refractivity contribution in [1.29, 1.82) is 0 Å². The van der Waals surface area contributed by atoms with E-state index in [1.165, 1.54) is 29.2 Å². The Bertz CT molecular complexity index is 1050. The highest BCUT2D eigenvalue weighted by atomic mass is 16.5. The summed E-state index contributed by atoms with van der Waals surface area (Å²) in [6, 6.07) is 16.5.